The van der Waals surface area contributed by atoms with Gasteiger partial charge < -0.3 is 19.3 Å². The topological polar surface area (TPSA) is 106 Å². The molecule has 0 saturated carbocycles. The molecule has 0 unspecified atom stereocenters. The van der Waals surface area contributed by atoms with Crippen LogP contribution < -0.4 is 5.32 Å². The molecule has 0 aliphatic rings. The molecule has 7 nitrogen and oxygen atoms in total. The summed E-state index contributed by atoms with van der Waals surface area (Å²) < 4.78 is 10.3. The number of nitrogens with one attached hydrogen (secondary N) is 1. The highest BCUT2D eigenvalue weighted by molar-refractivity contribution is 5.95. The second-order valence-corrected chi connectivity index (χ2v) is 4.70. The van der Waals surface area contributed by atoms with Crippen LogP contribution in [0.3, 0.4) is 0 Å². The Bertz CT molecular complexity index is 835. The van der Waals surface area contributed by atoms with Crippen molar-refractivity contribution in [2.45, 2.75) is 6.54 Å². The smallest absolute Gasteiger partial charge is 0.338 e. The number of nitrogens with zero attached hydrogens (tertiary/aromatic N) is 1. The summed E-state index contributed by atoms with van der Waals surface area (Å²) in [6.45, 7) is 0.137. The van der Waals surface area contributed by atoms with E-state index in [9.17, 15) is 9.59 Å². The number of hydrogen-bond acceptors (Lipinski definition) is 5. The van der Waals surface area contributed by atoms with Crippen molar-refractivity contribution < 1.29 is 23.5 Å². The van der Waals surface area contributed by atoms with Crippen LogP contribution in [0.5, 0.6) is 0 Å². The molecular formula is C16H12N2O5. The fourth-order valence-electron chi connectivity index (χ4n) is 1.93. The van der Waals surface area contributed by atoms with Gasteiger partial charge in [0.1, 0.15) is 12.5 Å². The lowest BCUT2D eigenvalue weighted by Gasteiger charge is -1.99. The van der Waals surface area contributed by atoms with Crippen molar-refractivity contribution in [1.29, 1.82) is 0 Å². The summed E-state index contributed by atoms with van der Waals surface area (Å²) in [5.41, 5.74) is 1.30. The first kappa shape index (κ1) is 14.6. The summed E-state index contributed by atoms with van der Waals surface area (Å²) in [6, 6.07) is 10.5. The molecule has 0 aliphatic carbocycles. The number of carbonyl (C=O) groups excluding carboxylic acids is 1. The average Bonchev–Trinajstić information content (AvgIpc) is 3.23. The van der Waals surface area contributed by atoms with Crippen molar-refractivity contribution >= 4 is 11.9 Å². The molecule has 0 aliphatic heterocycles. The van der Waals surface area contributed by atoms with Crippen molar-refractivity contribution in [3.8, 4) is 11.5 Å². The maximum atomic E-state index is 11.9. The first-order valence-electron chi connectivity index (χ1n) is 6.73. The third-order valence-corrected chi connectivity index (χ3v) is 3.07. The maximum absolute atomic E-state index is 11.9. The number of rotatable bonds is 5. The van der Waals surface area contributed by atoms with Crippen LogP contribution in [-0.2, 0) is 6.54 Å². The van der Waals surface area contributed by atoms with E-state index in [1.807, 2.05) is 30.3 Å². The molecule has 0 radical (unpaired) electrons. The zero-order valence-electron chi connectivity index (χ0n) is 11.9. The van der Waals surface area contributed by atoms with Gasteiger partial charge in [0, 0.05) is 11.6 Å². The summed E-state index contributed by atoms with van der Waals surface area (Å²) in [7, 11) is 0. The van der Waals surface area contributed by atoms with E-state index in [0.29, 0.717) is 11.6 Å². The molecule has 1 aromatic carbocycles. The van der Waals surface area contributed by atoms with E-state index in [1.54, 1.807) is 0 Å². The summed E-state index contributed by atoms with van der Waals surface area (Å²) in [4.78, 5) is 26.9. The third kappa shape index (κ3) is 3.29. The quantitative estimate of drug-likeness (QED) is 0.750. The number of oxazole rings is 1. The monoisotopic (exact) mass is 312 g/mol. The van der Waals surface area contributed by atoms with Gasteiger partial charge in [-0.3, -0.25) is 4.79 Å². The van der Waals surface area contributed by atoms with E-state index in [0.717, 1.165) is 17.9 Å². The van der Waals surface area contributed by atoms with E-state index >= 15 is 0 Å². The number of carboxylic acids is 1. The van der Waals surface area contributed by atoms with Crippen molar-refractivity contribution in [2.24, 2.45) is 0 Å². The second-order valence-electron chi connectivity index (χ2n) is 4.70. The van der Waals surface area contributed by atoms with Gasteiger partial charge in [0.05, 0.1) is 17.8 Å². The lowest BCUT2D eigenvalue weighted by Crippen LogP contribution is -2.22. The SMILES string of the molecule is O=C(O)c1coc(C(=O)NCc2coc(-c3ccccc3)n2)c1. The number of carbonyl (C=O) groups is 2. The van der Waals surface area contributed by atoms with Crippen LogP contribution in [0.4, 0.5) is 0 Å². The minimum absolute atomic E-state index is 0.0748. The molecule has 3 aromatic rings. The standard InChI is InChI=1S/C16H12N2O5/c19-14(13-6-11(8-22-13)16(20)21)17-7-12-9-23-15(18-12)10-4-2-1-3-5-10/h1-6,8-9H,7H2,(H,17,19)(H,20,21). The van der Waals surface area contributed by atoms with Gasteiger partial charge in [0.2, 0.25) is 5.89 Å². The minimum Gasteiger partial charge on any atom is -0.478 e. The van der Waals surface area contributed by atoms with Gasteiger partial charge >= 0.3 is 5.97 Å². The summed E-state index contributed by atoms with van der Waals surface area (Å²) in [5.74, 6) is -1.30. The highest BCUT2D eigenvalue weighted by Crippen LogP contribution is 2.17. The second kappa shape index (κ2) is 6.18. The molecule has 2 aromatic heterocycles. The van der Waals surface area contributed by atoms with Crippen LogP contribution in [0.1, 0.15) is 26.6 Å². The molecule has 0 spiro atoms. The third-order valence-electron chi connectivity index (χ3n) is 3.07. The summed E-state index contributed by atoms with van der Waals surface area (Å²) >= 11 is 0. The number of benzene rings is 1. The number of amides is 1. The Labute approximate surface area is 130 Å². The molecule has 2 heterocycles. The largest absolute Gasteiger partial charge is 0.478 e. The van der Waals surface area contributed by atoms with Crippen LogP contribution in [-0.4, -0.2) is 22.0 Å². The van der Waals surface area contributed by atoms with Gasteiger partial charge in [0.25, 0.3) is 5.91 Å². The van der Waals surface area contributed by atoms with Crippen LogP contribution in [0.15, 0.2) is 57.8 Å². The van der Waals surface area contributed by atoms with E-state index in [1.165, 1.54) is 6.26 Å². The summed E-state index contributed by atoms with van der Waals surface area (Å²) in [5, 5.41) is 11.4. The Morgan fingerprint density at radius 1 is 1.13 bits per heavy atom. The molecule has 1 amide bonds. The molecule has 3 rings (SSSR count). The fourth-order valence-corrected chi connectivity index (χ4v) is 1.93. The Morgan fingerprint density at radius 3 is 2.61 bits per heavy atom. The van der Waals surface area contributed by atoms with Crippen molar-refractivity contribution in [2.75, 3.05) is 0 Å². The molecule has 116 valence electrons. The Morgan fingerprint density at radius 2 is 1.91 bits per heavy atom. The lowest BCUT2D eigenvalue weighted by atomic mass is 10.2. The van der Waals surface area contributed by atoms with Crippen LogP contribution >= 0.6 is 0 Å². The van der Waals surface area contributed by atoms with E-state index in [2.05, 4.69) is 10.3 Å². The fraction of sp³-hybridized carbons (Fsp3) is 0.0625. The van der Waals surface area contributed by atoms with Gasteiger partial charge in [-0.25, -0.2) is 9.78 Å². The lowest BCUT2D eigenvalue weighted by molar-refractivity contribution is 0.0696. The average molecular weight is 312 g/mol. The molecule has 2 N–H and O–H groups in total. The van der Waals surface area contributed by atoms with Gasteiger partial charge in [-0.1, -0.05) is 18.2 Å². The Kier molecular flexibility index (Phi) is 3.92. The number of furan rings is 1. The van der Waals surface area contributed by atoms with Crippen LogP contribution in [0.2, 0.25) is 0 Å². The maximum Gasteiger partial charge on any atom is 0.338 e. The number of carboxylic acid groups (broad SMARTS) is 1. The zero-order valence-corrected chi connectivity index (χ0v) is 11.9. The Hall–Kier alpha value is -3.35. The van der Waals surface area contributed by atoms with Gasteiger partial charge in [-0.15, -0.1) is 0 Å². The predicted molar refractivity (Wildman–Crippen MR) is 78.8 cm³/mol. The van der Waals surface area contributed by atoms with Gasteiger partial charge in [-0.2, -0.15) is 0 Å². The molecule has 7 heteroatoms. The highest BCUT2D eigenvalue weighted by atomic mass is 16.4. The van der Waals surface area contributed by atoms with E-state index in [-0.39, 0.29) is 17.9 Å². The molecule has 0 saturated heterocycles. The van der Waals surface area contributed by atoms with Crippen LogP contribution in [0, 0.1) is 0 Å². The number of aromatic carboxylic acids is 1. The van der Waals surface area contributed by atoms with Gasteiger partial charge in [-0.05, 0) is 12.1 Å². The number of aromatic nitrogens is 1. The van der Waals surface area contributed by atoms with Crippen molar-refractivity contribution in [1.82, 2.24) is 10.3 Å². The van der Waals surface area contributed by atoms with Gasteiger partial charge in [0.15, 0.2) is 5.76 Å². The number of hydrogen-bond donors (Lipinski definition) is 2. The molecule has 0 atom stereocenters. The predicted octanol–water partition coefficient (Wildman–Crippen LogP) is 2.56. The molecular weight excluding hydrogens is 300 g/mol. The first-order chi connectivity index (χ1) is 11.1. The van der Waals surface area contributed by atoms with E-state index < -0.39 is 11.9 Å². The highest BCUT2D eigenvalue weighted by Gasteiger charge is 2.15. The Balaban J connectivity index is 1.63. The first-order valence-corrected chi connectivity index (χ1v) is 6.73. The summed E-state index contributed by atoms with van der Waals surface area (Å²) in [6.07, 6.45) is 2.47. The van der Waals surface area contributed by atoms with Crippen LogP contribution in [0.25, 0.3) is 11.5 Å². The van der Waals surface area contributed by atoms with E-state index in [4.69, 9.17) is 13.9 Å². The van der Waals surface area contributed by atoms with Crippen molar-refractivity contribution in [3.05, 3.63) is 65.9 Å². The zero-order chi connectivity index (χ0) is 16.2. The normalized spacial score (nSPS) is 10.4. The molecule has 23 heavy (non-hydrogen) atoms. The molecule has 0 bridgehead atoms. The van der Waals surface area contributed by atoms with Crippen molar-refractivity contribution in [3.63, 3.8) is 0 Å². The molecule has 0 fully saturated rings. The minimum atomic E-state index is -1.16.